The van der Waals surface area contributed by atoms with Gasteiger partial charge in [-0.2, -0.15) is 0 Å². The van der Waals surface area contributed by atoms with Crippen molar-refractivity contribution < 1.29 is 56.4 Å². The Kier molecular flexibility index (Phi) is 60.2. The van der Waals surface area contributed by atoms with Crippen LogP contribution in [-0.4, -0.2) is 61.6 Å². The first-order valence-electron chi connectivity index (χ1n) is 3.63. The number of aliphatic carboxylic acids is 4. The summed E-state index contributed by atoms with van der Waals surface area (Å²) in [6, 6.07) is 0. The van der Waals surface area contributed by atoms with Crippen molar-refractivity contribution >= 4 is 61.6 Å². The Labute approximate surface area is 145 Å². The third kappa shape index (κ3) is 26800. The molecule has 0 amide bonds. The molecular formula is C8H12CaCoO8. The van der Waals surface area contributed by atoms with Crippen LogP contribution in [0.25, 0.3) is 0 Å². The molecule has 0 aliphatic rings. The van der Waals surface area contributed by atoms with Gasteiger partial charge < -0.3 is 39.6 Å². The van der Waals surface area contributed by atoms with Gasteiger partial charge in [-0.3, -0.25) is 0 Å². The van der Waals surface area contributed by atoms with E-state index in [-0.39, 0.29) is 54.5 Å². The summed E-state index contributed by atoms with van der Waals surface area (Å²) in [4.78, 5) is 35.6. The van der Waals surface area contributed by atoms with Crippen LogP contribution in [0.15, 0.2) is 0 Å². The minimum atomic E-state index is -1.08. The topological polar surface area (TPSA) is 161 Å². The molecule has 0 aromatic heterocycles. The molecule has 0 bridgehead atoms. The van der Waals surface area contributed by atoms with Crippen molar-refractivity contribution in [3.63, 3.8) is 0 Å². The van der Waals surface area contributed by atoms with Crippen molar-refractivity contribution in [1.29, 1.82) is 0 Å². The quantitative estimate of drug-likeness (QED) is 0.396. The molecule has 0 aliphatic carbocycles. The minimum Gasteiger partial charge on any atom is -0.550 e. The number of carboxylic acid groups (broad SMARTS) is 4. The van der Waals surface area contributed by atoms with Gasteiger partial charge in [-0.05, 0) is 27.7 Å². The maximum atomic E-state index is 8.89. The number of carbonyl (C=O) groups excluding carboxylic acids is 4. The zero-order valence-corrected chi connectivity index (χ0v) is 13.6. The molecule has 8 nitrogen and oxygen atoms in total. The van der Waals surface area contributed by atoms with E-state index in [1.165, 1.54) is 0 Å². The minimum absolute atomic E-state index is 0. The fourth-order valence-corrected chi connectivity index (χ4v) is 0. The summed E-state index contributed by atoms with van der Waals surface area (Å²) in [5, 5.41) is 35.6. The summed E-state index contributed by atoms with van der Waals surface area (Å²) in [6.45, 7) is 3.89. The fourth-order valence-electron chi connectivity index (χ4n) is 0. The molecule has 0 aromatic rings. The Bertz CT molecular complexity index is 167. The van der Waals surface area contributed by atoms with E-state index in [4.69, 9.17) is 39.6 Å². The molecule has 0 spiro atoms. The van der Waals surface area contributed by atoms with Gasteiger partial charge in [-0.1, -0.05) is 0 Å². The SMILES string of the molecule is CC(=O)[O-].CC(=O)[O-].CC(=O)[O-].CC(=O)[O-].[Ca+2].[Co+2]. The number of hydrogen-bond donors (Lipinski definition) is 0. The van der Waals surface area contributed by atoms with Gasteiger partial charge in [0, 0.05) is 23.9 Å². The number of carboxylic acids is 4. The first-order chi connectivity index (χ1) is 6.93. The van der Waals surface area contributed by atoms with E-state index >= 15 is 0 Å². The molecule has 1 radical (unpaired) electrons. The Morgan fingerprint density at radius 1 is 0.556 bits per heavy atom. The van der Waals surface area contributed by atoms with Crippen LogP contribution in [0.3, 0.4) is 0 Å². The van der Waals surface area contributed by atoms with E-state index in [0.717, 1.165) is 27.7 Å². The summed E-state index contributed by atoms with van der Waals surface area (Å²) in [5.41, 5.74) is 0. The average Bonchev–Trinajstić information content (AvgIpc) is 1.76. The molecule has 0 saturated carbocycles. The molecule has 103 valence electrons. The first kappa shape index (κ1) is 36.1. The maximum Gasteiger partial charge on any atom is 2.00 e. The van der Waals surface area contributed by atoms with E-state index in [0.29, 0.717) is 0 Å². The van der Waals surface area contributed by atoms with Crippen molar-refractivity contribution in [3.05, 3.63) is 0 Å². The second-order valence-electron chi connectivity index (χ2n) is 1.97. The predicted molar refractivity (Wildman–Crippen MR) is 48.5 cm³/mol. The Balaban J connectivity index is -0.0000000257. The molecule has 0 saturated heterocycles. The van der Waals surface area contributed by atoms with E-state index in [9.17, 15) is 0 Å². The van der Waals surface area contributed by atoms with Crippen LogP contribution in [0.2, 0.25) is 0 Å². The molecule has 0 N–H and O–H groups in total. The fraction of sp³-hybridized carbons (Fsp3) is 0.500. The van der Waals surface area contributed by atoms with Crippen LogP contribution >= 0.6 is 0 Å². The van der Waals surface area contributed by atoms with Gasteiger partial charge in [0.1, 0.15) is 0 Å². The summed E-state index contributed by atoms with van der Waals surface area (Å²) >= 11 is 0. The Morgan fingerprint density at radius 2 is 0.556 bits per heavy atom. The van der Waals surface area contributed by atoms with Crippen LogP contribution in [0.4, 0.5) is 0 Å². The second kappa shape index (κ2) is 30.0. The smallest absolute Gasteiger partial charge is 0.550 e. The van der Waals surface area contributed by atoms with Gasteiger partial charge in [0.05, 0.1) is 0 Å². The molecule has 0 unspecified atom stereocenters. The number of rotatable bonds is 0. The van der Waals surface area contributed by atoms with Gasteiger partial charge in [0.2, 0.25) is 0 Å². The molecular weight excluding hydrogens is 323 g/mol. The van der Waals surface area contributed by atoms with Crippen molar-refractivity contribution in [3.8, 4) is 0 Å². The molecule has 0 rings (SSSR count). The van der Waals surface area contributed by atoms with Crippen LogP contribution in [0, 0.1) is 0 Å². The van der Waals surface area contributed by atoms with Crippen LogP contribution < -0.4 is 20.4 Å². The summed E-state index contributed by atoms with van der Waals surface area (Å²) < 4.78 is 0. The molecule has 0 aromatic carbocycles. The van der Waals surface area contributed by atoms with Crippen molar-refractivity contribution in [1.82, 2.24) is 0 Å². The van der Waals surface area contributed by atoms with Gasteiger partial charge in [0.25, 0.3) is 0 Å². The number of carbonyl (C=O) groups is 4. The predicted octanol–water partition coefficient (Wildman–Crippen LogP) is -5.36. The van der Waals surface area contributed by atoms with Crippen LogP contribution in [0.1, 0.15) is 27.7 Å². The van der Waals surface area contributed by atoms with E-state index in [1.54, 1.807) is 0 Å². The monoisotopic (exact) mass is 335 g/mol. The van der Waals surface area contributed by atoms with E-state index in [1.807, 2.05) is 0 Å². The molecule has 0 heterocycles. The largest absolute Gasteiger partial charge is 2.00 e. The Morgan fingerprint density at radius 3 is 0.556 bits per heavy atom. The molecule has 0 fully saturated rings. The zero-order chi connectivity index (χ0) is 14.3. The van der Waals surface area contributed by atoms with Crippen molar-refractivity contribution in [2.75, 3.05) is 0 Å². The van der Waals surface area contributed by atoms with Crippen LogP contribution in [0.5, 0.6) is 0 Å². The van der Waals surface area contributed by atoms with Crippen molar-refractivity contribution in [2.45, 2.75) is 27.7 Å². The normalized spacial score (nSPS) is 5.56. The second-order valence-corrected chi connectivity index (χ2v) is 1.97. The first-order valence-corrected chi connectivity index (χ1v) is 3.63. The summed E-state index contributed by atoms with van der Waals surface area (Å²) in [6.07, 6.45) is 0. The average molecular weight is 335 g/mol. The van der Waals surface area contributed by atoms with Gasteiger partial charge in [-0.25, -0.2) is 0 Å². The van der Waals surface area contributed by atoms with E-state index in [2.05, 4.69) is 0 Å². The van der Waals surface area contributed by atoms with E-state index < -0.39 is 23.9 Å². The van der Waals surface area contributed by atoms with Gasteiger partial charge in [-0.15, -0.1) is 0 Å². The molecule has 0 aliphatic heterocycles. The maximum absolute atomic E-state index is 8.89. The zero-order valence-electron chi connectivity index (χ0n) is 10.3. The summed E-state index contributed by atoms with van der Waals surface area (Å²) in [5.74, 6) is -4.33. The molecule has 10 heteroatoms. The standard InChI is InChI=1S/4C2H4O2.Ca.Co/c4*1-2(3)4;;/h4*1H3,(H,3,4);;/q;;;;2*+2/p-4. The van der Waals surface area contributed by atoms with Crippen LogP contribution in [-0.2, 0) is 36.0 Å². The molecule has 18 heavy (non-hydrogen) atoms. The third-order valence-electron chi connectivity index (χ3n) is 0. The molecule has 0 atom stereocenters. The summed E-state index contributed by atoms with van der Waals surface area (Å²) in [7, 11) is 0. The van der Waals surface area contributed by atoms with Crippen molar-refractivity contribution in [2.24, 2.45) is 0 Å². The van der Waals surface area contributed by atoms with Gasteiger partial charge >= 0.3 is 54.5 Å². The Hall–Kier alpha value is -0.354. The number of hydrogen-bond acceptors (Lipinski definition) is 8. The third-order valence-corrected chi connectivity index (χ3v) is 0. The van der Waals surface area contributed by atoms with Gasteiger partial charge in [0.15, 0.2) is 0 Å².